The molecular weight excluding hydrogens is 713 g/mol. The van der Waals surface area contributed by atoms with Crippen molar-refractivity contribution in [1.82, 2.24) is 19.5 Å². The van der Waals surface area contributed by atoms with Gasteiger partial charge in [-0.1, -0.05) is 45.8 Å². The van der Waals surface area contributed by atoms with Crippen molar-refractivity contribution in [3.8, 4) is 5.75 Å². The van der Waals surface area contributed by atoms with Crippen LogP contribution in [-0.2, 0) is 27.8 Å². The van der Waals surface area contributed by atoms with Crippen molar-refractivity contribution in [3.05, 3.63) is 91.6 Å². The van der Waals surface area contributed by atoms with Crippen LogP contribution in [-0.4, -0.2) is 68.4 Å². The number of likely N-dealkylation sites (tertiary alicyclic amines) is 2. The van der Waals surface area contributed by atoms with Crippen LogP contribution in [0.1, 0.15) is 54.0 Å². The zero-order valence-electron chi connectivity index (χ0n) is 25.5. The van der Waals surface area contributed by atoms with Crippen molar-refractivity contribution < 1.29 is 17.9 Å². The number of rotatable bonds is 6. The summed E-state index contributed by atoms with van der Waals surface area (Å²) in [5.74, 6) is 0.961. The minimum Gasteiger partial charge on any atom is -0.425 e. The maximum absolute atomic E-state index is 13.5. The van der Waals surface area contributed by atoms with Gasteiger partial charge in [-0.25, -0.2) is 0 Å². The first-order chi connectivity index (χ1) is 22.1. The fraction of sp³-hybridized carbons (Fsp3) is 0.424. The molecule has 2 aliphatic heterocycles. The Balaban J connectivity index is 1.12. The lowest BCUT2D eigenvalue weighted by Crippen LogP contribution is -2.41. The van der Waals surface area contributed by atoms with Gasteiger partial charge in [0.1, 0.15) is 5.75 Å². The van der Waals surface area contributed by atoms with Crippen molar-refractivity contribution in [2.75, 3.05) is 33.2 Å². The zero-order valence-corrected chi connectivity index (χ0v) is 29.4. The highest BCUT2D eigenvalue weighted by molar-refractivity contribution is 9.10. The number of hydrogen-bond donors (Lipinski definition) is 1. The number of nitrogens with zero attached hydrogens (tertiary/aromatic N) is 4. The minimum atomic E-state index is -3.92. The Morgan fingerprint density at radius 2 is 1.76 bits per heavy atom. The Bertz CT molecular complexity index is 1740. The first-order valence-corrected chi connectivity index (χ1v) is 18.5. The van der Waals surface area contributed by atoms with Gasteiger partial charge in [0, 0.05) is 66.3 Å². The van der Waals surface area contributed by atoms with Gasteiger partial charge in [0.05, 0.1) is 5.69 Å². The maximum Gasteiger partial charge on any atom is 0.324 e. The van der Waals surface area contributed by atoms with Crippen molar-refractivity contribution in [1.29, 1.82) is 0 Å². The predicted molar refractivity (Wildman–Crippen MR) is 184 cm³/mol. The fourth-order valence-corrected chi connectivity index (χ4v) is 8.43. The van der Waals surface area contributed by atoms with E-state index in [0.717, 1.165) is 47.8 Å². The molecule has 3 heterocycles. The van der Waals surface area contributed by atoms with Crippen LogP contribution in [0.2, 0.25) is 10.0 Å². The van der Waals surface area contributed by atoms with Gasteiger partial charge in [-0.15, -0.1) is 0 Å². The predicted octanol–water partition coefficient (Wildman–Crippen LogP) is 6.23. The molecule has 13 heteroatoms. The van der Waals surface area contributed by atoms with Gasteiger partial charge in [-0.2, -0.15) is 13.1 Å². The third kappa shape index (κ3) is 7.54. The minimum absolute atomic E-state index is 0.000800. The third-order valence-electron chi connectivity index (χ3n) is 9.21. The van der Waals surface area contributed by atoms with Crippen molar-refractivity contribution in [2.45, 2.75) is 44.4 Å². The molecule has 3 aliphatic rings. The number of ether oxygens (including phenoxy) is 1. The maximum atomic E-state index is 13.5. The normalized spacial score (nSPS) is 20.7. The smallest absolute Gasteiger partial charge is 0.324 e. The fourth-order valence-electron chi connectivity index (χ4n) is 6.94. The number of amidine groups is 1. The van der Waals surface area contributed by atoms with E-state index in [1.54, 1.807) is 29.2 Å². The molecule has 2 unspecified atom stereocenters. The molecular formula is C33H36BrCl2N5O4S. The molecule has 3 aromatic rings. The van der Waals surface area contributed by atoms with Gasteiger partial charge < -0.3 is 14.5 Å². The first-order valence-electron chi connectivity index (χ1n) is 15.5. The number of nitrogens with one attached hydrogen (secondary N) is 1. The van der Waals surface area contributed by atoms with Gasteiger partial charge in [0.2, 0.25) is 5.91 Å². The molecule has 9 nitrogen and oxygen atoms in total. The van der Waals surface area contributed by atoms with E-state index in [0.29, 0.717) is 48.4 Å². The van der Waals surface area contributed by atoms with E-state index in [1.807, 2.05) is 29.3 Å². The molecule has 6 rings (SSSR count). The second kappa shape index (κ2) is 14.2. The van der Waals surface area contributed by atoms with Crippen LogP contribution in [0.15, 0.2) is 63.6 Å². The van der Waals surface area contributed by atoms with E-state index in [-0.39, 0.29) is 29.7 Å². The van der Waals surface area contributed by atoms with Crippen molar-refractivity contribution in [2.24, 2.45) is 16.2 Å². The Kier molecular flexibility index (Phi) is 10.2. The highest BCUT2D eigenvalue weighted by atomic mass is 79.9. The quantitative estimate of drug-likeness (QED) is 0.237. The van der Waals surface area contributed by atoms with Crippen LogP contribution in [0.3, 0.4) is 0 Å². The number of carbonyl (C=O) groups excluding carboxylic acids is 1. The topological polar surface area (TPSA) is 104 Å². The molecule has 1 aliphatic carbocycles. The molecule has 0 bridgehead atoms. The average Bonchev–Trinajstić information content (AvgIpc) is 3.44. The summed E-state index contributed by atoms with van der Waals surface area (Å²) < 4.78 is 37.5. The SMILES string of the molecule is CNS(=O)(=O)N=C(Oc1ccccc1)N1CCC(CC(=O)N2CCC(C3c4ncc(Br)cc4CCc4cc(Cl)cc(Cl)c43)CC2)C1. The van der Waals surface area contributed by atoms with Gasteiger partial charge in [-0.3, -0.25) is 9.78 Å². The Morgan fingerprint density at radius 1 is 1.04 bits per heavy atom. The summed E-state index contributed by atoms with van der Waals surface area (Å²) in [6.45, 7) is 2.34. The summed E-state index contributed by atoms with van der Waals surface area (Å²) >= 11 is 16.9. The number of benzene rings is 2. The molecule has 2 saturated heterocycles. The van der Waals surface area contributed by atoms with Crippen LogP contribution in [0.4, 0.5) is 0 Å². The molecule has 1 aromatic heterocycles. The number of hydrogen-bond acceptors (Lipinski definition) is 5. The number of amides is 1. The Morgan fingerprint density at radius 3 is 2.50 bits per heavy atom. The van der Waals surface area contributed by atoms with Crippen molar-refractivity contribution >= 4 is 61.3 Å². The molecule has 0 spiro atoms. The highest BCUT2D eigenvalue weighted by Gasteiger charge is 2.37. The molecule has 2 fully saturated rings. The standard InChI is InChI=1S/C33H36BrCl2N5O4S/c1-37-46(43,44)39-33(45-27-5-3-2-4-6-27)41-12-9-21(20-41)15-29(42)40-13-10-22(11-14-40)31-30-23(17-26(35)18-28(30)36)7-8-24-16-25(34)19-38-32(24)31/h2-6,16-19,21-22,31,37H,7-15,20H2,1H3. The van der Waals surface area contributed by atoms with Crippen LogP contribution in [0.5, 0.6) is 5.75 Å². The second-order valence-electron chi connectivity index (χ2n) is 12.1. The molecule has 0 radical (unpaired) electrons. The van der Waals surface area contributed by atoms with Crippen LogP contribution in [0, 0.1) is 11.8 Å². The highest BCUT2D eigenvalue weighted by Crippen LogP contribution is 2.46. The summed E-state index contributed by atoms with van der Waals surface area (Å²) in [7, 11) is -2.61. The van der Waals surface area contributed by atoms with Gasteiger partial charge in [-0.05, 0) is 107 Å². The number of para-hydroxylation sites is 1. The van der Waals surface area contributed by atoms with E-state index in [1.165, 1.54) is 18.2 Å². The summed E-state index contributed by atoms with van der Waals surface area (Å²) in [4.78, 5) is 22.2. The zero-order chi connectivity index (χ0) is 32.4. The van der Waals surface area contributed by atoms with E-state index in [2.05, 4.69) is 31.1 Å². The Hall–Kier alpha value is -2.70. The monoisotopic (exact) mass is 747 g/mol. The van der Waals surface area contributed by atoms with Gasteiger partial charge >= 0.3 is 16.2 Å². The summed E-state index contributed by atoms with van der Waals surface area (Å²) in [5, 5.41) is 1.32. The average molecular weight is 750 g/mol. The first kappa shape index (κ1) is 33.2. The van der Waals surface area contributed by atoms with Crippen LogP contribution < -0.4 is 9.46 Å². The van der Waals surface area contributed by atoms with Gasteiger partial charge in [0.15, 0.2) is 0 Å². The second-order valence-corrected chi connectivity index (χ2v) is 15.4. The van der Waals surface area contributed by atoms with E-state index in [4.69, 9.17) is 32.9 Å². The largest absolute Gasteiger partial charge is 0.425 e. The number of halogens is 3. The lowest BCUT2D eigenvalue weighted by molar-refractivity contribution is -0.133. The molecule has 1 N–H and O–H groups in total. The number of aromatic nitrogens is 1. The summed E-state index contributed by atoms with van der Waals surface area (Å²) in [6, 6.07) is 15.0. The number of carbonyl (C=O) groups is 1. The van der Waals surface area contributed by atoms with Crippen molar-refractivity contribution in [3.63, 3.8) is 0 Å². The van der Waals surface area contributed by atoms with E-state index in [9.17, 15) is 13.2 Å². The molecule has 244 valence electrons. The molecule has 0 saturated carbocycles. The molecule has 46 heavy (non-hydrogen) atoms. The van der Waals surface area contributed by atoms with Crippen LogP contribution >= 0.6 is 39.1 Å². The lowest BCUT2D eigenvalue weighted by atomic mass is 9.76. The molecule has 2 aromatic carbocycles. The number of fused-ring (bicyclic) bond motifs is 2. The summed E-state index contributed by atoms with van der Waals surface area (Å²) in [6.07, 6.45) is 6.36. The number of pyridine rings is 1. The Labute approximate surface area is 288 Å². The molecule has 2 atom stereocenters. The lowest BCUT2D eigenvalue weighted by Gasteiger charge is -2.37. The third-order valence-corrected chi connectivity index (χ3v) is 11.1. The number of piperidine rings is 1. The van der Waals surface area contributed by atoms with E-state index >= 15 is 0 Å². The van der Waals surface area contributed by atoms with E-state index < -0.39 is 10.2 Å². The van der Waals surface area contributed by atoms with Crippen LogP contribution in [0.25, 0.3) is 0 Å². The molecule has 1 amide bonds. The van der Waals surface area contributed by atoms with Gasteiger partial charge in [0.25, 0.3) is 0 Å². The summed E-state index contributed by atoms with van der Waals surface area (Å²) in [5.41, 5.74) is 4.57. The number of aryl methyl sites for hydroxylation is 2.